The molecular formula is C23H26N2O3. The number of carbonyl (C=O) groups is 2. The number of esters is 1. The summed E-state index contributed by atoms with van der Waals surface area (Å²) in [6.45, 7) is 0.473. The average molecular weight is 378 g/mol. The minimum atomic E-state index is -0.560. The van der Waals surface area contributed by atoms with Gasteiger partial charge in [0.1, 0.15) is 5.69 Å². The molecule has 1 heterocycles. The van der Waals surface area contributed by atoms with Gasteiger partial charge in [0, 0.05) is 11.9 Å². The fourth-order valence-electron chi connectivity index (χ4n) is 6.23. The smallest absolute Gasteiger partial charge is 0.357 e. The summed E-state index contributed by atoms with van der Waals surface area (Å²) in [5.74, 6) is 1.81. The number of carbonyl (C=O) groups excluding carboxylic acids is 2. The Kier molecular flexibility index (Phi) is 4.33. The third-order valence-electron chi connectivity index (χ3n) is 6.97. The van der Waals surface area contributed by atoms with Crippen molar-refractivity contribution in [2.45, 2.75) is 38.5 Å². The maximum Gasteiger partial charge on any atom is 0.357 e. The van der Waals surface area contributed by atoms with Crippen molar-refractivity contribution in [3.8, 4) is 0 Å². The van der Waals surface area contributed by atoms with E-state index in [4.69, 9.17) is 4.74 Å². The molecule has 5 nitrogen and oxygen atoms in total. The van der Waals surface area contributed by atoms with E-state index in [0.29, 0.717) is 0 Å². The number of para-hydroxylation sites is 1. The lowest BCUT2D eigenvalue weighted by molar-refractivity contribution is -0.126. The molecule has 4 aliphatic rings. The van der Waals surface area contributed by atoms with Gasteiger partial charge >= 0.3 is 5.97 Å². The number of aromatic nitrogens is 1. The molecule has 0 aliphatic heterocycles. The molecule has 0 saturated heterocycles. The van der Waals surface area contributed by atoms with Gasteiger partial charge in [0.05, 0.1) is 5.52 Å². The number of nitrogens with one attached hydrogen (secondary N) is 1. The van der Waals surface area contributed by atoms with Crippen molar-refractivity contribution in [2.24, 2.45) is 23.2 Å². The van der Waals surface area contributed by atoms with Crippen LogP contribution in [0.25, 0.3) is 10.9 Å². The number of rotatable bonds is 5. The number of ether oxygens (including phenoxy) is 1. The summed E-state index contributed by atoms with van der Waals surface area (Å²) >= 11 is 0. The van der Waals surface area contributed by atoms with Crippen molar-refractivity contribution in [3.05, 3.63) is 42.1 Å². The molecule has 6 rings (SSSR count). The monoisotopic (exact) mass is 378 g/mol. The Morgan fingerprint density at radius 1 is 1.00 bits per heavy atom. The van der Waals surface area contributed by atoms with Gasteiger partial charge in [-0.3, -0.25) is 4.79 Å². The van der Waals surface area contributed by atoms with E-state index in [9.17, 15) is 9.59 Å². The molecule has 4 saturated carbocycles. The molecule has 146 valence electrons. The van der Waals surface area contributed by atoms with Crippen LogP contribution < -0.4 is 5.32 Å². The first-order chi connectivity index (χ1) is 13.6. The summed E-state index contributed by atoms with van der Waals surface area (Å²) in [6.07, 6.45) is 7.93. The largest absolute Gasteiger partial charge is 0.451 e. The third kappa shape index (κ3) is 3.38. The lowest BCUT2D eigenvalue weighted by Crippen LogP contribution is -2.51. The first-order valence-corrected chi connectivity index (χ1v) is 10.4. The molecule has 1 amide bonds. The van der Waals surface area contributed by atoms with Gasteiger partial charge in [-0.15, -0.1) is 0 Å². The van der Waals surface area contributed by atoms with Gasteiger partial charge in [-0.25, -0.2) is 9.78 Å². The number of fused-ring (bicyclic) bond motifs is 1. The Hall–Kier alpha value is -2.43. The van der Waals surface area contributed by atoms with Crippen LogP contribution in [-0.2, 0) is 9.53 Å². The summed E-state index contributed by atoms with van der Waals surface area (Å²) in [4.78, 5) is 28.8. The van der Waals surface area contributed by atoms with E-state index in [1.807, 2.05) is 30.3 Å². The maximum atomic E-state index is 12.3. The van der Waals surface area contributed by atoms with Gasteiger partial charge in [0.2, 0.25) is 0 Å². The van der Waals surface area contributed by atoms with Crippen LogP contribution in [0.3, 0.4) is 0 Å². The van der Waals surface area contributed by atoms with Gasteiger partial charge in [0.25, 0.3) is 5.91 Å². The van der Waals surface area contributed by atoms with E-state index in [0.717, 1.165) is 35.2 Å². The van der Waals surface area contributed by atoms with Crippen LogP contribution in [0.1, 0.15) is 49.0 Å². The molecular weight excluding hydrogens is 352 g/mol. The zero-order valence-corrected chi connectivity index (χ0v) is 16.0. The predicted molar refractivity (Wildman–Crippen MR) is 106 cm³/mol. The normalized spacial score (nSPS) is 30.4. The Bertz CT molecular complexity index is 888. The van der Waals surface area contributed by atoms with Crippen LogP contribution in [0.4, 0.5) is 0 Å². The summed E-state index contributed by atoms with van der Waals surface area (Å²) in [7, 11) is 0. The molecule has 0 radical (unpaired) electrons. The third-order valence-corrected chi connectivity index (χ3v) is 6.97. The van der Waals surface area contributed by atoms with Gasteiger partial charge in [-0.05, 0) is 73.8 Å². The van der Waals surface area contributed by atoms with E-state index < -0.39 is 5.97 Å². The number of pyridine rings is 1. The van der Waals surface area contributed by atoms with Crippen LogP contribution in [0.2, 0.25) is 0 Å². The summed E-state index contributed by atoms with van der Waals surface area (Å²) < 4.78 is 5.20. The van der Waals surface area contributed by atoms with Crippen LogP contribution in [-0.4, -0.2) is 30.0 Å². The highest BCUT2D eigenvalue weighted by atomic mass is 16.5. The summed E-state index contributed by atoms with van der Waals surface area (Å²) in [6, 6.07) is 11.1. The van der Waals surface area contributed by atoms with E-state index in [1.54, 1.807) is 6.07 Å². The van der Waals surface area contributed by atoms with Crippen molar-refractivity contribution >= 4 is 22.8 Å². The zero-order chi connectivity index (χ0) is 19.1. The molecule has 0 unspecified atom stereocenters. The molecule has 4 aliphatic carbocycles. The van der Waals surface area contributed by atoms with Crippen molar-refractivity contribution in [3.63, 3.8) is 0 Å². The van der Waals surface area contributed by atoms with Crippen molar-refractivity contribution in [2.75, 3.05) is 13.2 Å². The fourth-order valence-corrected chi connectivity index (χ4v) is 6.23. The van der Waals surface area contributed by atoms with Crippen LogP contribution in [0.15, 0.2) is 36.4 Å². The van der Waals surface area contributed by atoms with Crippen LogP contribution >= 0.6 is 0 Å². The molecule has 1 aromatic heterocycles. The SMILES string of the molecule is O=C(COC(=O)c1ccc2ccccc2n1)NCC12CC3CC(CC(C3)C1)C2. The zero-order valence-electron chi connectivity index (χ0n) is 16.0. The van der Waals surface area contributed by atoms with E-state index >= 15 is 0 Å². The number of hydrogen-bond acceptors (Lipinski definition) is 4. The predicted octanol–water partition coefficient (Wildman–Crippen LogP) is 3.72. The number of benzene rings is 1. The van der Waals surface area contributed by atoms with Crippen molar-refractivity contribution in [1.82, 2.24) is 10.3 Å². The highest BCUT2D eigenvalue weighted by molar-refractivity contribution is 5.92. The minimum absolute atomic E-state index is 0.218. The van der Waals surface area contributed by atoms with E-state index in [-0.39, 0.29) is 23.6 Å². The second-order valence-electron chi connectivity index (χ2n) is 9.16. The highest BCUT2D eigenvalue weighted by Gasteiger charge is 2.50. The Labute approximate surface area is 164 Å². The van der Waals surface area contributed by atoms with Crippen molar-refractivity contribution in [1.29, 1.82) is 0 Å². The van der Waals surface area contributed by atoms with Crippen LogP contribution in [0.5, 0.6) is 0 Å². The second kappa shape index (κ2) is 6.87. The van der Waals surface area contributed by atoms with Gasteiger partial charge < -0.3 is 10.1 Å². The number of hydrogen-bond donors (Lipinski definition) is 1. The number of nitrogens with zero attached hydrogens (tertiary/aromatic N) is 1. The molecule has 0 atom stereocenters. The van der Waals surface area contributed by atoms with Gasteiger partial charge in [0.15, 0.2) is 6.61 Å². The molecule has 4 fully saturated rings. The fraction of sp³-hybridized carbons (Fsp3) is 0.522. The van der Waals surface area contributed by atoms with E-state index in [2.05, 4.69) is 10.3 Å². The molecule has 28 heavy (non-hydrogen) atoms. The summed E-state index contributed by atoms with van der Waals surface area (Å²) in [5, 5.41) is 4.00. The van der Waals surface area contributed by atoms with Gasteiger partial charge in [-0.2, -0.15) is 0 Å². The highest BCUT2D eigenvalue weighted by Crippen LogP contribution is 2.59. The maximum absolute atomic E-state index is 12.3. The molecule has 1 aromatic carbocycles. The molecule has 5 heteroatoms. The Balaban J connectivity index is 1.14. The number of amides is 1. The molecule has 2 aromatic rings. The second-order valence-corrected chi connectivity index (χ2v) is 9.16. The van der Waals surface area contributed by atoms with E-state index in [1.165, 1.54) is 38.5 Å². The lowest BCUT2D eigenvalue weighted by atomic mass is 9.49. The Morgan fingerprint density at radius 2 is 1.68 bits per heavy atom. The first kappa shape index (κ1) is 17.7. The molecule has 1 N–H and O–H groups in total. The van der Waals surface area contributed by atoms with Gasteiger partial charge in [-0.1, -0.05) is 24.3 Å². The minimum Gasteiger partial charge on any atom is -0.451 e. The topological polar surface area (TPSA) is 68.3 Å². The quantitative estimate of drug-likeness (QED) is 0.805. The van der Waals surface area contributed by atoms with Crippen molar-refractivity contribution < 1.29 is 14.3 Å². The average Bonchev–Trinajstić information content (AvgIpc) is 2.69. The molecule has 4 bridgehead atoms. The first-order valence-electron chi connectivity index (χ1n) is 10.4. The Morgan fingerprint density at radius 3 is 2.39 bits per heavy atom. The molecule has 0 spiro atoms. The summed E-state index contributed by atoms with van der Waals surface area (Å²) in [5.41, 5.74) is 1.25. The van der Waals surface area contributed by atoms with Crippen LogP contribution in [0, 0.1) is 23.2 Å². The lowest BCUT2D eigenvalue weighted by Gasteiger charge is -2.56. The standard InChI is InChI=1S/C23H26N2O3/c26-21(24-14-23-10-15-7-16(11-23)9-17(8-15)12-23)13-28-22(27)20-6-5-18-3-1-2-4-19(18)25-20/h1-6,15-17H,7-14H2,(H,24,26).